The first-order valence-corrected chi connectivity index (χ1v) is 4.67. The molecule has 0 saturated carbocycles. The van der Waals surface area contributed by atoms with Crippen molar-refractivity contribution in [3.63, 3.8) is 0 Å². The maximum Gasteiger partial charge on any atom is 0.274 e. The van der Waals surface area contributed by atoms with Crippen molar-refractivity contribution in [1.29, 1.82) is 0 Å². The van der Waals surface area contributed by atoms with Crippen molar-refractivity contribution in [1.82, 2.24) is 10.6 Å². The molecule has 0 unspecified atom stereocenters. The number of nitro groups is 1. The zero-order chi connectivity index (χ0) is 10.8. The fraction of sp³-hybridized carbons (Fsp3) is 0.500. The maximum atomic E-state index is 10.2. The Labute approximate surface area is 88.5 Å². The normalized spacial score (nSPS) is 10.0. The van der Waals surface area contributed by atoms with Gasteiger partial charge in [-0.05, 0) is 6.92 Å². The van der Waals surface area contributed by atoms with Gasteiger partial charge in [0.2, 0.25) is 0 Å². The molecule has 0 atom stereocenters. The van der Waals surface area contributed by atoms with E-state index in [-0.39, 0.29) is 0 Å². The van der Waals surface area contributed by atoms with Crippen molar-refractivity contribution in [2.24, 2.45) is 0 Å². The zero-order valence-electron chi connectivity index (χ0n) is 7.91. The van der Waals surface area contributed by atoms with Gasteiger partial charge in [0.1, 0.15) is 0 Å². The molecule has 0 spiro atoms. The molecule has 0 rings (SSSR count). The van der Waals surface area contributed by atoms with Crippen LogP contribution in [-0.2, 0) is 0 Å². The third kappa shape index (κ3) is 7.31. The topological polar surface area (TPSA) is 67.2 Å². The highest BCUT2D eigenvalue weighted by atomic mass is 32.1. The predicted octanol–water partition coefficient (Wildman–Crippen LogP) is 0.194. The van der Waals surface area contributed by atoms with E-state index in [0.29, 0.717) is 24.7 Å². The summed E-state index contributed by atoms with van der Waals surface area (Å²) in [6, 6.07) is 0. The van der Waals surface area contributed by atoms with Crippen molar-refractivity contribution >= 4 is 12.6 Å². The second-order valence-electron chi connectivity index (χ2n) is 2.26. The molecule has 0 aromatic rings. The minimum absolute atomic E-state index is 0.354. The van der Waals surface area contributed by atoms with Gasteiger partial charge in [0, 0.05) is 12.3 Å². The summed E-state index contributed by atoms with van der Waals surface area (Å²) in [6.45, 7) is 2.66. The lowest BCUT2D eigenvalue weighted by molar-refractivity contribution is -0.404. The average Bonchev–Trinajstić information content (AvgIpc) is 2.13. The maximum absolute atomic E-state index is 10.2. The highest BCUT2D eigenvalue weighted by Gasteiger charge is 1.99. The predicted molar refractivity (Wildman–Crippen MR) is 58.4 cm³/mol. The average molecular weight is 215 g/mol. The lowest BCUT2D eigenvalue weighted by Gasteiger charge is -2.07. The van der Waals surface area contributed by atoms with Gasteiger partial charge in [-0.3, -0.25) is 10.1 Å². The first-order chi connectivity index (χ1) is 6.70. The molecule has 2 N–H and O–H groups in total. The minimum atomic E-state index is -0.521. The number of nitrogens with one attached hydrogen (secondary N) is 2. The first-order valence-electron chi connectivity index (χ1n) is 4.04. The third-order valence-corrected chi connectivity index (χ3v) is 1.43. The molecule has 0 aliphatic rings. The van der Waals surface area contributed by atoms with E-state index in [0.717, 1.165) is 6.20 Å². The summed E-state index contributed by atoms with van der Waals surface area (Å²) in [4.78, 5) is 9.68. The Morgan fingerprint density at radius 2 is 2.36 bits per heavy atom. The van der Waals surface area contributed by atoms with Crippen LogP contribution in [0.1, 0.15) is 6.92 Å². The van der Waals surface area contributed by atoms with Gasteiger partial charge >= 0.3 is 0 Å². The van der Waals surface area contributed by atoms with Crippen LogP contribution < -0.4 is 10.6 Å². The summed E-state index contributed by atoms with van der Waals surface area (Å²) < 4.78 is 0. The monoisotopic (exact) mass is 215 g/mol. The third-order valence-electron chi connectivity index (χ3n) is 1.21. The quantitative estimate of drug-likeness (QED) is 0.256. The molecule has 0 aromatic carbocycles. The van der Waals surface area contributed by atoms with Crippen LogP contribution in [0.25, 0.3) is 0 Å². The van der Waals surface area contributed by atoms with E-state index in [4.69, 9.17) is 0 Å². The Balaban J connectivity index is 4.08. The van der Waals surface area contributed by atoms with Gasteiger partial charge in [0.25, 0.3) is 6.20 Å². The first kappa shape index (κ1) is 12.7. The lowest BCUT2D eigenvalue weighted by Crippen LogP contribution is -2.28. The van der Waals surface area contributed by atoms with Crippen LogP contribution in [0.15, 0.2) is 12.0 Å². The summed E-state index contributed by atoms with van der Waals surface area (Å²) >= 11 is 3.98. The second kappa shape index (κ2) is 8.26. The Hall–Kier alpha value is -1.35. The molecule has 0 aromatic heterocycles. The van der Waals surface area contributed by atoms with Gasteiger partial charge in [-0.2, -0.15) is 12.6 Å². The highest BCUT2D eigenvalue weighted by Crippen LogP contribution is 1.84. The van der Waals surface area contributed by atoms with Crippen LogP contribution >= 0.6 is 12.6 Å². The molecule has 0 saturated heterocycles. The lowest BCUT2D eigenvalue weighted by atomic mass is 10.5. The Morgan fingerprint density at radius 1 is 1.64 bits per heavy atom. The number of thiol groups is 1. The highest BCUT2D eigenvalue weighted by molar-refractivity contribution is 7.80. The Kier molecular flexibility index (Phi) is 7.46. The Morgan fingerprint density at radius 3 is 2.86 bits per heavy atom. The number of nitrogens with zero attached hydrogens (tertiary/aromatic N) is 1. The van der Waals surface area contributed by atoms with Crippen molar-refractivity contribution in [3.05, 3.63) is 22.1 Å². The fourth-order valence-corrected chi connectivity index (χ4v) is 0.789. The van der Waals surface area contributed by atoms with E-state index >= 15 is 0 Å². The molecule has 0 radical (unpaired) electrons. The number of hydrogen-bond donors (Lipinski definition) is 3. The van der Waals surface area contributed by atoms with Gasteiger partial charge < -0.3 is 10.6 Å². The molecular weight excluding hydrogens is 202 g/mol. The van der Waals surface area contributed by atoms with Crippen LogP contribution in [-0.4, -0.2) is 23.8 Å². The van der Waals surface area contributed by atoms with Gasteiger partial charge in [0.05, 0.1) is 11.5 Å². The molecule has 0 heterocycles. The van der Waals surface area contributed by atoms with Crippen LogP contribution in [0.4, 0.5) is 0 Å². The van der Waals surface area contributed by atoms with Crippen molar-refractivity contribution < 1.29 is 4.92 Å². The number of hydrogen-bond acceptors (Lipinski definition) is 5. The van der Waals surface area contributed by atoms with Gasteiger partial charge in [0.15, 0.2) is 5.82 Å². The summed E-state index contributed by atoms with van der Waals surface area (Å²) in [5.74, 6) is 6.39. The summed E-state index contributed by atoms with van der Waals surface area (Å²) in [5, 5.41) is 15.8. The molecule has 0 fully saturated rings. The van der Waals surface area contributed by atoms with Gasteiger partial charge in [-0.1, -0.05) is 5.92 Å². The summed E-state index contributed by atoms with van der Waals surface area (Å²) in [5.41, 5.74) is 0. The van der Waals surface area contributed by atoms with Crippen molar-refractivity contribution in [2.45, 2.75) is 6.92 Å². The smallest absolute Gasteiger partial charge is 0.274 e. The molecule has 0 aliphatic carbocycles. The van der Waals surface area contributed by atoms with E-state index in [9.17, 15) is 10.1 Å². The van der Waals surface area contributed by atoms with E-state index in [2.05, 4.69) is 35.1 Å². The second-order valence-corrected chi connectivity index (χ2v) is 2.71. The van der Waals surface area contributed by atoms with Crippen LogP contribution in [0.3, 0.4) is 0 Å². The zero-order valence-corrected chi connectivity index (χ0v) is 8.80. The van der Waals surface area contributed by atoms with E-state index in [1.807, 2.05) is 0 Å². The van der Waals surface area contributed by atoms with E-state index < -0.39 is 4.92 Å². The standard InChI is InChI=1S/C8H13N3O2S/c1-2-3-4-9-8(7-11(12)13)10-5-6-14/h7,9-10,14H,4-6H2,1H3/b8-7-. The molecular formula is C8H13N3O2S. The van der Waals surface area contributed by atoms with Gasteiger partial charge in [-0.15, -0.1) is 5.92 Å². The summed E-state index contributed by atoms with van der Waals surface area (Å²) in [7, 11) is 0. The van der Waals surface area contributed by atoms with Crippen LogP contribution in [0, 0.1) is 22.0 Å². The van der Waals surface area contributed by atoms with Crippen molar-refractivity contribution in [3.8, 4) is 11.8 Å². The molecule has 78 valence electrons. The fourth-order valence-electron chi connectivity index (χ4n) is 0.678. The van der Waals surface area contributed by atoms with Crippen LogP contribution in [0.2, 0.25) is 0 Å². The molecule has 14 heavy (non-hydrogen) atoms. The van der Waals surface area contributed by atoms with E-state index in [1.54, 1.807) is 6.92 Å². The summed E-state index contributed by atoms with van der Waals surface area (Å²) in [6.07, 6.45) is 0.876. The molecule has 0 bridgehead atoms. The van der Waals surface area contributed by atoms with Crippen LogP contribution in [0.5, 0.6) is 0 Å². The molecule has 0 amide bonds. The largest absolute Gasteiger partial charge is 0.366 e. The Bertz CT molecular complexity index is 267. The van der Waals surface area contributed by atoms with Gasteiger partial charge in [-0.25, -0.2) is 0 Å². The molecule has 6 heteroatoms. The SMILES string of the molecule is CC#CCN/C(=C/[N+](=O)[O-])NCCS. The minimum Gasteiger partial charge on any atom is -0.366 e. The number of rotatable bonds is 6. The molecule has 5 nitrogen and oxygen atoms in total. The van der Waals surface area contributed by atoms with E-state index in [1.165, 1.54) is 0 Å². The molecule has 0 aliphatic heterocycles. The van der Waals surface area contributed by atoms with Crippen molar-refractivity contribution in [2.75, 3.05) is 18.8 Å².